The summed E-state index contributed by atoms with van der Waals surface area (Å²) >= 11 is 0. The van der Waals surface area contributed by atoms with Crippen molar-refractivity contribution >= 4 is 0 Å². The van der Waals surface area contributed by atoms with Gasteiger partial charge in [-0.2, -0.15) is 0 Å². The Morgan fingerprint density at radius 1 is 0.812 bits per heavy atom. The molecule has 4 aromatic rings. The molecule has 0 N–H and O–H groups in total. The first kappa shape index (κ1) is 21.5. The predicted octanol–water partition coefficient (Wildman–Crippen LogP) is 6.56. The Bertz CT molecular complexity index is 1140. The predicted molar refractivity (Wildman–Crippen MR) is 113 cm³/mol. The van der Waals surface area contributed by atoms with Crippen LogP contribution in [0.2, 0.25) is 0 Å². The highest BCUT2D eigenvalue weighted by Gasteiger charge is 2.31. The van der Waals surface area contributed by atoms with Crippen LogP contribution in [-0.4, -0.2) is 16.3 Å². The summed E-state index contributed by atoms with van der Waals surface area (Å²) in [4.78, 5) is 8.42. The van der Waals surface area contributed by atoms with Gasteiger partial charge in [-0.3, -0.25) is 9.97 Å². The summed E-state index contributed by atoms with van der Waals surface area (Å²) < 4.78 is 56.2. The van der Waals surface area contributed by atoms with Crippen LogP contribution in [-0.2, 0) is 6.42 Å². The number of ether oxygens (including phenoxy) is 1. The molecular formula is C25H18F4N2O. The maximum atomic E-state index is 14.2. The van der Waals surface area contributed by atoms with Crippen LogP contribution < -0.4 is 4.74 Å². The molecule has 0 bridgehead atoms. The Hall–Kier alpha value is -3.74. The first-order valence-corrected chi connectivity index (χ1v) is 9.83. The Balaban J connectivity index is 1.76. The lowest BCUT2D eigenvalue weighted by atomic mass is 9.85. The molecule has 4 rings (SSSR count). The first-order chi connectivity index (χ1) is 15.4. The van der Waals surface area contributed by atoms with Crippen LogP contribution in [0.25, 0.3) is 11.1 Å². The van der Waals surface area contributed by atoms with Crippen LogP contribution in [0.15, 0.2) is 91.5 Å². The van der Waals surface area contributed by atoms with E-state index in [0.29, 0.717) is 17.5 Å². The molecule has 0 saturated heterocycles. The van der Waals surface area contributed by atoms with Crippen molar-refractivity contribution in [2.24, 2.45) is 0 Å². The highest BCUT2D eigenvalue weighted by atomic mass is 19.4. The zero-order valence-electron chi connectivity index (χ0n) is 16.8. The second-order valence-electron chi connectivity index (χ2n) is 7.21. The standard InChI is InChI=1S/C25H18F4N2O/c26-21-9-8-18(24(14-21)17-4-1-7-22(12-17)32-25(27,28)29)13-23(19-5-2-10-30-15-19)20-6-3-11-31-16-20/h1-12,14-16,23H,13H2. The van der Waals surface area contributed by atoms with Crippen LogP contribution in [0, 0.1) is 5.82 Å². The summed E-state index contributed by atoms with van der Waals surface area (Å²) in [6, 6.07) is 17.4. The molecule has 0 aliphatic heterocycles. The van der Waals surface area contributed by atoms with E-state index in [9.17, 15) is 17.6 Å². The van der Waals surface area contributed by atoms with Gasteiger partial charge in [0, 0.05) is 30.7 Å². The molecule has 32 heavy (non-hydrogen) atoms. The van der Waals surface area contributed by atoms with Crippen LogP contribution in [0.5, 0.6) is 5.75 Å². The molecule has 0 aliphatic carbocycles. The highest BCUT2D eigenvalue weighted by molar-refractivity contribution is 5.69. The number of pyridine rings is 2. The molecule has 0 atom stereocenters. The molecule has 2 aromatic carbocycles. The summed E-state index contributed by atoms with van der Waals surface area (Å²) in [5.74, 6) is -0.970. The Labute approximate surface area is 182 Å². The van der Waals surface area contributed by atoms with Gasteiger partial charge in [-0.05, 0) is 70.6 Å². The fourth-order valence-electron chi connectivity index (χ4n) is 3.67. The minimum absolute atomic E-state index is 0.129. The monoisotopic (exact) mass is 438 g/mol. The SMILES string of the molecule is Fc1ccc(CC(c2cccnc2)c2cccnc2)c(-c2cccc(OC(F)(F)F)c2)c1. The molecule has 0 fully saturated rings. The van der Waals surface area contributed by atoms with E-state index in [-0.39, 0.29) is 11.7 Å². The van der Waals surface area contributed by atoms with E-state index in [4.69, 9.17) is 0 Å². The van der Waals surface area contributed by atoms with E-state index < -0.39 is 12.2 Å². The van der Waals surface area contributed by atoms with Crippen molar-refractivity contribution in [2.45, 2.75) is 18.7 Å². The number of benzene rings is 2. The van der Waals surface area contributed by atoms with E-state index in [2.05, 4.69) is 14.7 Å². The van der Waals surface area contributed by atoms with Gasteiger partial charge in [0.05, 0.1) is 0 Å². The summed E-state index contributed by atoms with van der Waals surface area (Å²) in [7, 11) is 0. The zero-order chi connectivity index (χ0) is 22.6. The van der Waals surface area contributed by atoms with E-state index >= 15 is 0 Å². The fourth-order valence-corrected chi connectivity index (χ4v) is 3.67. The zero-order valence-corrected chi connectivity index (χ0v) is 16.8. The Kier molecular flexibility index (Phi) is 6.16. The van der Waals surface area contributed by atoms with Crippen molar-refractivity contribution < 1.29 is 22.3 Å². The van der Waals surface area contributed by atoms with Crippen molar-refractivity contribution in [1.82, 2.24) is 9.97 Å². The van der Waals surface area contributed by atoms with Gasteiger partial charge in [-0.15, -0.1) is 13.2 Å². The van der Waals surface area contributed by atoms with Gasteiger partial charge in [0.2, 0.25) is 0 Å². The van der Waals surface area contributed by atoms with Gasteiger partial charge in [0.15, 0.2) is 0 Å². The third-order valence-corrected chi connectivity index (χ3v) is 5.05. The van der Waals surface area contributed by atoms with E-state index in [1.54, 1.807) is 36.9 Å². The van der Waals surface area contributed by atoms with Crippen molar-refractivity contribution in [2.75, 3.05) is 0 Å². The smallest absolute Gasteiger partial charge is 0.406 e. The quantitative estimate of drug-likeness (QED) is 0.320. The van der Waals surface area contributed by atoms with Gasteiger partial charge in [0.25, 0.3) is 0 Å². The number of nitrogens with zero attached hydrogens (tertiary/aromatic N) is 2. The maximum absolute atomic E-state index is 14.2. The molecule has 162 valence electrons. The minimum Gasteiger partial charge on any atom is -0.406 e. The second kappa shape index (κ2) is 9.18. The van der Waals surface area contributed by atoms with Crippen molar-refractivity contribution in [3.8, 4) is 16.9 Å². The van der Waals surface area contributed by atoms with Crippen LogP contribution in [0.4, 0.5) is 17.6 Å². The number of aromatic nitrogens is 2. The molecular weight excluding hydrogens is 420 g/mol. The normalized spacial score (nSPS) is 11.5. The summed E-state index contributed by atoms with van der Waals surface area (Å²) in [5, 5.41) is 0. The van der Waals surface area contributed by atoms with Crippen LogP contribution in [0.3, 0.4) is 0 Å². The van der Waals surface area contributed by atoms with E-state index in [1.807, 2.05) is 24.3 Å². The molecule has 0 spiro atoms. The van der Waals surface area contributed by atoms with Gasteiger partial charge in [0.1, 0.15) is 11.6 Å². The molecule has 2 aromatic heterocycles. The lowest BCUT2D eigenvalue weighted by Crippen LogP contribution is -2.17. The highest BCUT2D eigenvalue weighted by Crippen LogP contribution is 2.35. The van der Waals surface area contributed by atoms with E-state index in [1.165, 1.54) is 30.3 Å². The molecule has 7 heteroatoms. The number of rotatable bonds is 6. The molecule has 3 nitrogen and oxygen atoms in total. The van der Waals surface area contributed by atoms with Crippen molar-refractivity contribution in [3.63, 3.8) is 0 Å². The lowest BCUT2D eigenvalue weighted by Gasteiger charge is -2.20. The number of alkyl halides is 3. The summed E-state index contributed by atoms with van der Waals surface area (Å²) in [5.41, 5.74) is 3.59. The molecule has 0 unspecified atom stereocenters. The van der Waals surface area contributed by atoms with E-state index in [0.717, 1.165) is 16.7 Å². The summed E-state index contributed by atoms with van der Waals surface area (Å²) in [6.07, 6.45) is 2.54. The Morgan fingerprint density at radius 3 is 2.09 bits per heavy atom. The van der Waals surface area contributed by atoms with Crippen LogP contribution in [0.1, 0.15) is 22.6 Å². The van der Waals surface area contributed by atoms with Gasteiger partial charge < -0.3 is 4.74 Å². The largest absolute Gasteiger partial charge is 0.573 e. The topological polar surface area (TPSA) is 35.0 Å². The lowest BCUT2D eigenvalue weighted by molar-refractivity contribution is -0.274. The first-order valence-electron chi connectivity index (χ1n) is 9.83. The molecule has 0 saturated carbocycles. The molecule has 0 amide bonds. The fraction of sp³-hybridized carbons (Fsp3) is 0.120. The number of hydrogen-bond donors (Lipinski definition) is 0. The van der Waals surface area contributed by atoms with Gasteiger partial charge >= 0.3 is 6.36 Å². The number of halogens is 4. The van der Waals surface area contributed by atoms with Gasteiger partial charge in [-0.1, -0.05) is 30.3 Å². The third-order valence-electron chi connectivity index (χ3n) is 5.05. The minimum atomic E-state index is -4.81. The average molecular weight is 438 g/mol. The van der Waals surface area contributed by atoms with Crippen molar-refractivity contribution in [1.29, 1.82) is 0 Å². The number of hydrogen-bond acceptors (Lipinski definition) is 3. The maximum Gasteiger partial charge on any atom is 0.573 e. The van der Waals surface area contributed by atoms with Crippen molar-refractivity contribution in [3.05, 3.63) is 114 Å². The summed E-state index contributed by atoms with van der Waals surface area (Å²) in [6.45, 7) is 0. The molecule has 2 heterocycles. The molecule has 0 aliphatic rings. The molecule has 0 radical (unpaired) electrons. The second-order valence-corrected chi connectivity index (χ2v) is 7.21. The average Bonchev–Trinajstić information content (AvgIpc) is 2.78. The van der Waals surface area contributed by atoms with Crippen LogP contribution >= 0.6 is 0 Å². The van der Waals surface area contributed by atoms with Gasteiger partial charge in [-0.25, -0.2) is 4.39 Å². The third kappa shape index (κ3) is 5.29. The Morgan fingerprint density at radius 2 is 1.50 bits per heavy atom.